The maximum atomic E-state index is 8.61. The number of hydrogen-bond donors (Lipinski definition) is 1. The van der Waals surface area contributed by atoms with Gasteiger partial charge in [-0.15, -0.1) is 0 Å². The molecule has 13 heavy (non-hydrogen) atoms. The normalized spacial score (nSPS) is 25.8. The van der Waals surface area contributed by atoms with E-state index >= 15 is 0 Å². The molecule has 1 N–H and O–H groups in total. The third-order valence-corrected chi connectivity index (χ3v) is 2.49. The van der Waals surface area contributed by atoms with E-state index in [-0.39, 0.29) is 6.61 Å². The number of rotatable bonds is 4. The first-order valence-electron chi connectivity index (χ1n) is 5.24. The van der Waals surface area contributed by atoms with Crippen LogP contribution >= 0.6 is 0 Å². The smallest absolute Gasteiger partial charge is 0.0701 e. The number of ether oxygens (including phenoxy) is 1. The predicted molar refractivity (Wildman–Crippen MR) is 52.8 cm³/mol. The molecule has 0 aromatic heterocycles. The van der Waals surface area contributed by atoms with Crippen LogP contribution in [0.25, 0.3) is 0 Å². The van der Waals surface area contributed by atoms with Crippen LogP contribution in [0, 0.1) is 0 Å². The predicted octanol–water partition coefficient (Wildman–Crippen LogP) is 0.870. The minimum absolute atomic E-state index is 0.239. The van der Waals surface area contributed by atoms with Crippen molar-refractivity contribution >= 4 is 0 Å². The third-order valence-electron chi connectivity index (χ3n) is 2.49. The van der Waals surface area contributed by atoms with Gasteiger partial charge in [0, 0.05) is 19.8 Å². The van der Waals surface area contributed by atoms with E-state index in [4.69, 9.17) is 9.84 Å². The monoisotopic (exact) mass is 187 g/mol. The van der Waals surface area contributed by atoms with Crippen LogP contribution in [0.3, 0.4) is 0 Å². The minimum Gasteiger partial charge on any atom is -0.396 e. The van der Waals surface area contributed by atoms with Crippen molar-refractivity contribution < 1.29 is 9.84 Å². The Labute approximate surface area is 80.7 Å². The summed E-state index contributed by atoms with van der Waals surface area (Å²) in [5, 5.41) is 8.61. The van der Waals surface area contributed by atoms with Gasteiger partial charge < -0.3 is 14.7 Å². The quantitative estimate of drug-likeness (QED) is 0.663. The lowest BCUT2D eigenvalue weighted by molar-refractivity contribution is 0.0263. The second kappa shape index (κ2) is 6.35. The van der Waals surface area contributed by atoms with Crippen molar-refractivity contribution in [2.75, 3.05) is 33.4 Å². The molecule has 1 aliphatic rings. The van der Waals surface area contributed by atoms with Gasteiger partial charge in [-0.25, -0.2) is 0 Å². The van der Waals surface area contributed by atoms with Crippen LogP contribution in [0.2, 0.25) is 0 Å². The molecule has 0 aliphatic carbocycles. The molecule has 1 saturated heterocycles. The van der Waals surface area contributed by atoms with E-state index in [1.807, 2.05) is 0 Å². The van der Waals surface area contributed by atoms with E-state index < -0.39 is 0 Å². The maximum absolute atomic E-state index is 8.61. The zero-order chi connectivity index (χ0) is 9.52. The van der Waals surface area contributed by atoms with Gasteiger partial charge in [0.05, 0.1) is 6.10 Å². The zero-order valence-corrected chi connectivity index (χ0v) is 8.54. The lowest BCUT2D eigenvalue weighted by Gasteiger charge is -2.20. The Balaban J connectivity index is 2.15. The van der Waals surface area contributed by atoms with Crippen molar-refractivity contribution in [3.8, 4) is 0 Å². The van der Waals surface area contributed by atoms with Crippen LogP contribution in [-0.2, 0) is 4.74 Å². The molecule has 0 bridgehead atoms. The van der Waals surface area contributed by atoms with E-state index in [2.05, 4.69) is 11.9 Å². The van der Waals surface area contributed by atoms with Gasteiger partial charge in [0.25, 0.3) is 0 Å². The Kier molecular flexibility index (Phi) is 5.35. The van der Waals surface area contributed by atoms with Gasteiger partial charge in [-0.1, -0.05) is 0 Å². The number of aliphatic hydroxyl groups is 1. The molecule has 78 valence electrons. The van der Waals surface area contributed by atoms with Crippen LogP contribution < -0.4 is 0 Å². The van der Waals surface area contributed by atoms with E-state index in [9.17, 15) is 0 Å². The molecule has 0 spiro atoms. The molecule has 1 heterocycles. The number of likely N-dealkylation sites (N-methyl/N-ethyl adjacent to an activating group) is 1. The molecule has 0 radical (unpaired) electrons. The number of aliphatic hydroxyl groups excluding tert-OH is 1. The molecule has 0 aromatic carbocycles. The molecular formula is C10H21NO2. The summed E-state index contributed by atoms with van der Waals surface area (Å²) in [4.78, 5) is 2.33. The van der Waals surface area contributed by atoms with Gasteiger partial charge in [0.15, 0.2) is 0 Å². The van der Waals surface area contributed by atoms with Gasteiger partial charge in [-0.2, -0.15) is 0 Å². The molecule has 1 unspecified atom stereocenters. The SMILES string of the molecule is CN1CCCCC(OCCCO)C1. The van der Waals surface area contributed by atoms with Crippen molar-refractivity contribution in [3.63, 3.8) is 0 Å². The second-order valence-electron chi connectivity index (χ2n) is 3.83. The summed E-state index contributed by atoms with van der Waals surface area (Å²) < 4.78 is 5.67. The Morgan fingerprint density at radius 1 is 1.46 bits per heavy atom. The van der Waals surface area contributed by atoms with Crippen molar-refractivity contribution in [1.82, 2.24) is 4.90 Å². The first-order chi connectivity index (χ1) is 6.33. The average molecular weight is 187 g/mol. The first-order valence-corrected chi connectivity index (χ1v) is 5.24. The average Bonchev–Trinajstić information content (AvgIpc) is 2.31. The van der Waals surface area contributed by atoms with E-state index in [0.717, 1.165) is 13.0 Å². The van der Waals surface area contributed by atoms with Crippen LogP contribution in [0.15, 0.2) is 0 Å². The van der Waals surface area contributed by atoms with Crippen LogP contribution in [0.5, 0.6) is 0 Å². The van der Waals surface area contributed by atoms with E-state index in [1.54, 1.807) is 0 Å². The molecule has 0 saturated carbocycles. The lowest BCUT2D eigenvalue weighted by Crippen LogP contribution is -2.29. The summed E-state index contributed by atoms with van der Waals surface area (Å²) in [5.41, 5.74) is 0. The fourth-order valence-corrected chi connectivity index (χ4v) is 1.73. The van der Waals surface area contributed by atoms with Crippen LogP contribution in [0.1, 0.15) is 25.7 Å². The molecule has 3 nitrogen and oxygen atoms in total. The number of likely N-dealkylation sites (tertiary alicyclic amines) is 1. The largest absolute Gasteiger partial charge is 0.396 e. The van der Waals surface area contributed by atoms with Crippen molar-refractivity contribution in [2.24, 2.45) is 0 Å². The topological polar surface area (TPSA) is 32.7 Å². The molecule has 1 aliphatic heterocycles. The fourth-order valence-electron chi connectivity index (χ4n) is 1.73. The molecular weight excluding hydrogens is 166 g/mol. The molecule has 1 rings (SSSR count). The summed E-state index contributed by atoms with van der Waals surface area (Å²) in [6.07, 6.45) is 4.89. The highest BCUT2D eigenvalue weighted by Gasteiger charge is 2.15. The van der Waals surface area contributed by atoms with E-state index in [0.29, 0.717) is 12.7 Å². The molecule has 0 amide bonds. The Morgan fingerprint density at radius 2 is 2.31 bits per heavy atom. The highest BCUT2D eigenvalue weighted by Crippen LogP contribution is 2.12. The van der Waals surface area contributed by atoms with Crippen molar-refractivity contribution in [1.29, 1.82) is 0 Å². The van der Waals surface area contributed by atoms with Crippen LogP contribution in [-0.4, -0.2) is 49.5 Å². The van der Waals surface area contributed by atoms with Gasteiger partial charge in [-0.3, -0.25) is 0 Å². The summed E-state index contributed by atoms with van der Waals surface area (Å²) >= 11 is 0. The number of nitrogens with zero attached hydrogens (tertiary/aromatic N) is 1. The summed E-state index contributed by atoms with van der Waals surface area (Å²) in [6, 6.07) is 0. The van der Waals surface area contributed by atoms with Crippen molar-refractivity contribution in [3.05, 3.63) is 0 Å². The Morgan fingerprint density at radius 3 is 3.08 bits per heavy atom. The minimum atomic E-state index is 0.239. The second-order valence-corrected chi connectivity index (χ2v) is 3.83. The summed E-state index contributed by atoms with van der Waals surface area (Å²) in [5.74, 6) is 0. The van der Waals surface area contributed by atoms with Gasteiger partial charge in [-0.05, 0) is 39.3 Å². The molecule has 3 heteroatoms. The Bertz CT molecular complexity index is 130. The summed E-state index contributed by atoms with van der Waals surface area (Å²) in [7, 11) is 2.15. The Hall–Kier alpha value is -0.120. The van der Waals surface area contributed by atoms with Gasteiger partial charge in [0.1, 0.15) is 0 Å². The highest BCUT2D eigenvalue weighted by atomic mass is 16.5. The van der Waals surface area contributed by atoms with E-state index in [1.165, 1.54) is 25.8 Å². The zero-order valence-electron chi connectivity index (χ0n) is 8.54. The molecule has 1 fully saturated rings. The van der Waals surface area contributed by atoms with Gasteiger partial charge in [0.2, 0.25) is 0 Å². The fraction of sp³-hybridized carbons (Fsp3) is 1.00. The maximum Gasteiger partial charge on any atom is 0.0701 e. The number of hydrogen-bond acceptors (Lipinski definition) is 3. The molecule has 0 aromatic rings. The molecule has 1 atom stereocenters. The van der Waals surface area contributed by atoms with Crippen molar-refractivity contribution in [2.45, 2.75) is 31.8 Å². The first kappa shape index (κ1) is 11.0. The lowest BCUT2D eigenvalue weighted by atomic mass is 10.2. The van der Waals surface area contributed by atoms with Gasteiger partial charge >= 0.3 is 0 Å². The highest BCUT2D eigenvalue weighted by molar-refractivity contribution is 4.68. The standard InChI is InChI=1S/C10H21NO2/c1-11-6-3-2-5-10(9-11)13-8-4-7-12/h10,12H,2-9H2,1H3. The summed E-state index contributed by atoms with van der Waals surface area (Å²) in [6.45, 7) is 3.18. The van der Waals surface area contributed by atoms with Crippen LogP contribution in [0.4, 0.5) is 0 Å². The third kappa shape index (κ3) is 4.60.